The van der Waals surface area contributed by atoms with Crippen molar-refractivity contribution < 1.29 is 23.9 Å². The van der Waals surface area contributed by atoms with Gasteiger partial charge in [-0.05, 0) is 96.9 Å². The van der Waals surface area contributed by atoms with Gasteiger partial charge in [-0.15, -0.1) is 11.8 Å². The van der Waals surface area contributed by atoms with E-state index in [-0.39, 0.29) is 16.9 Å². The molecule has 9 heteroatoms. The lowest BCUT2D eigenvalue weighted by Gasteiger charge is -2.16. The predicted molar refractivity (Wildman–Crippen MR) is 191 cm³/mol. The van der Waals surface area contributed by atoms with E-state index < -0.39 is 11.8 Å². The van der Waals surface area contributed by atoms with Crippen LogP contribution in [-0.4, -0.2) is 30.1 Å². The highest BCUT2D eigenvalue weighted by molar-refractivity contribution is 8.00. The monoisotopic (exact) mass is 657 g/mol. The highest BCUT2D eigenvalue weighted by Crippen LogP contribution is 2.29. The zero-order valence-electron chi connectivity index (χ0n) is 26.5. The van der Waals surface area contributed by atoms with Crippen LogP contribution in [0, 0.1) is 0 Å². The third kappa shape index (κ3) is 9.60. The Morgan fingerprint density at radius 3 is 2.08 bits per heavy atom. The van der Waals surface area contributed by atoms with Gasteiger partial charge in [0.1, 0.15) is 22.9 Å². The number of nitrogens with one attached hydrogen (secondary N) is 3. The number of rotatable bonds is 13. The average molecular weight is 658 g/mol. The van der Waals surface area contributed by atoms with Gasteiger partial charge in [-0.25, -0.2) is 0 Å². The van der Waals surface area contributed by atoms with Crippen molar-refractivity contribution in [2.75, 3.05) is 17.7 Å². The largest absolute Gasteiger partial charge is 0.497 e. The quantitative estimate of drug-likeness (QED) is 0.0868. The molecule has 242 valence electrons. The minimum atomic E-state index is -0.506. The molecule has 0 radical (unpaired) electrons. The number of thioether (sulfide) groups is 1. The second-order valence-electron chi connectivity index (χ2n) is 10.6. The third-order valence-corrected chi connectivity index (χ3v) is 8.43. The first-order chi connectivity index (χ1) is 23.4. The van der Waals surface area contributed by atoms with Crippen LogP contribution in [0.3, 0.4) is 0 Å². The molecule has 0 aromatic heterocycles. The lowest BCUT2D eigenvalue weighted by atomic mass is 10.1. The summed E-state index contributed by atoms with van der Waals surface area (Å²) < 4.78 is 11.2. The summed E-state index contributed by atoms with van der Waals surface area (Å²) in [5.74, 6) is 0.955. The topological polar surface area (TPSA) is 106 Å². The van der Waals surface area contributed by atoms with Gasteiger partial charge < -0.3 is 25.4 Å². The number of methoxy groups -OCH3 is 1. The number of benzene rings is 5. The molecule has 5 rings (SSSR count). The number of para-hydroxylation sites is 1. The van der Waals surface area contributed by atoms with Crippen molar-refractivity contribution in [3.63, 3.8) is 0 Å². The number of carbonyl (C=O) groups excluding carboxylic acids is 3. The Kier molecular flexibility index (Phi) is 11.7. The molecular weight excluding hydrogens is 623 g/mol. The molecule has 1 atom stereocenters. The van der Waals surface area contributed by atoms with Crippen molar-refractivity contribution in [1.29, 1.82) is 0 Å². The van der Waals surface area contributed by atoms with Gasteiger partial charge in [0, 0.05) is 21.8 Å². The van der Waals surface area contributed by atoms with Gasteiger partial charge in [0.2, 0.25) is 5.91 Å². The fraction of sp³-hybridized carbons (Fsp3) is 0.103. The van der Waals surface area contributed by atoms with Crippen LogP contribution in [0.25, 0.3) is 6.08 Å². The summed E-state index contributed by atoms with van der Waals surface area (Å²) in [7, 11) is 1.56. The van der Waals surface area contributed by atoms with E-state index in [9.17, 15) is 14.4 Å². The summed E-state index contributed by atoms with van der Waals surface area (Å²) in [5.41, 5.74) is 2.32. The predicted octanol–water partition coefficient (Wildman–Crippen LogP) is 8.41. The Hall–Kier alpha value is -5.80. The minimum Gasteiger partial charge on any atom is -0.497 e. The van der Waals surface area contributed by atoms with E-state index in [1.54, 1.807) is 79.9 Å². The van der Waals surface area contributed by atoms with Crippen molar-refractivity contribution in [3.05, 3.63) is 150 Å². The maximum atomic E-state index is 13.6. The highest BCUT2D eigenvalue weighted by atomic mass is 32.2. The first-order valence-electron chi connectivity index (χ1n) is 15.3. The van der Waals surface area contributed by atoms with E-state index >= 15 is 0 Å². The van der Waals surface area contributed by atoms with E-state index in [2.05, 4.69) is 16.0 Å². The second kappa shape index (κ2) is 16.7. The molecule has 1 unspecified atom stereocenters. The fourth-order valence-corrected chi connectivity index (χ4v) is 5.64. The SMILES string of the molecule is CCC(Sc1cccc(NC(=O)/C(=C/c2cccc(OC)c2)NC(=O)c2ccccc2)c1)C(=O)Nc1ccc(Oc2ccccc2)cc1. The second-order valence-corrected chi connectivity index (χ2v) is 11.9. The Labute approximate surface area is 284 Å². The lowest BCUT2D eigenvalue weighted by Crippen LogP contribution is -2.30. The molecule has 3 N–H and O–H groups in total. The van der Waals surface area contributed by atoms with E-state index in [4.69, 9.17) is 9.47 Å². The summed E-state index contributed by atoms with van der Waals surface area (Å²) in [6.45, 7) is 1.95. The highest BCUT2D eigenvalue weighted by Gasteiger charge is 2.20. The van der Waals surface area contributed by atoms with Crippen molar-refractivity contribution in [2.24, 2.45) is 0 Å². The Bertz CT molecular complexity index is 1880. The molecule has 0 fully saturated rings. The van der Waals surface area contributed by atoms with Gasteiger partial charge in [-0.1, -0.05) is 61.5 Å². The summed E-state index contributed by atoms with van der Waals surface area (Å²) in [6.07, 6.45) is 2.18. The number of hydrogen-bond donors (Lipinski definition) is 3. The molecule has 0 aliphatic heterocycles. The van der Waals surface area contributed by atoms with Crippen LogP contribution in [0.4, 0.5) is 11.4 Å². The summed E-state index contributed by atoms with van der Waals surface area (Å²) in [5, 5.41) is 8.25. The van der Waals surface area contributed by atoms with E-state index in [0.717, 1.165) is 10.6 Å². The van der Waals surface area contributed by atoms with Crippen LogP contribution in [0.5, 0.6) is 17.2 Å². The van der Waals surface area contributed by atoms with Crippen molar-refractivity contribution in [1.82, 2.24) is 5.32 Å². The number of carbonyl (C=O) groups is 3. The molecule has 5 aromatic carbocycles. The van der Waals surface area contributed by atoms with Gasteiger partial charge in [-0.2, -0.15) is 0 Å². The van der Waals surface area contributed by atoms with E-state index in [1.165, 1.54) is 11.8 Å². The van der Waals surface area contributed by atoms with Crippen LogP contribution in [0.2, 0.25) is 0 Å². The third-order valence-electron chi connectivity index (χ3n) is 7.07. The van der Waals surface area contributed by atoms with Crippen LogP contribution in [0.1, 0.15) is 29.3 Å². The summed E-state index contributed by atoms with van der Waals surface area (Å²) in [4.78, 5) is 40.6. The van der Waals surface area contributed by atoms with Gasteiger partial charge >= 0.3 is 0 Å². The number of ether oxygens (including phenoxy) is 2. The van der Waals surface area contributed by atoms with Gasteiger partial charge in [0.15, 0.2) is 0 Å². The molecule has 0 bridgehead atoms. The normalized spacial score (nSPS) is 11.6. The van der Waals surface area contributed by atoms with E-state index in [0.29, 0.717) is 40.4 Å². The van der Waals surface area contributed by atoms with Gasteiger partial charge in [0.25, 0.3) is 11.8 Å². The molecule has 48 heavy (non-hydrogen) atoms. The molecule has 3 amide bonds. The van der Waals surface area contributed by atoms with Crippen molar-refractivity contribution in [2.45, 2.75) is 23.5 Å². The van der Waals surface area contributed by atoms with Crippen molar-refractivity contribution in [3.8, 4) is 17.2 Å². The number of anilines is 2. The molecule has 8 nitrogen and oxygen atoms in total. The summed E-state index contributed by atoms with van der Waals surface area (Å²) >= 11 is 1.40. The zero-order chi connectivity index (χ0) is 33.7. The Balaban J connectivity index is 1.25. The Morgan fingerprint density at radius 1 is 0.708 bits per heavy atom. The van der Waals surface area contributed by atoms with Gasteiger partial charge in [0.05, 0.1) is 12.4 Å². The molecule has 0 saturated heterocycles. The van der Waals surface area contributed by atoms with Crippen LogP contribution < -0.4 is 25.4 Å². The fourth-order valence-electron chi connectivity index (χ4n) is 4.63. The number of amides is 3. The molecular formula is C39H35N3O5S. The molecule has 0 heterocycles. The molecule has 0 aliphatic rings. The minimum absolute atomic E-state index is 0.0566. The molecule has 0 saturated carbocycles. The molecule has 0 spiro atoms. The zero-order valence-corrected chi connectivity index (χ0v) is 27.3. The lowest BCUT2D eigenvalue weighted by molar-refractivity contribution is -0.116. The first-order valence-corrected chi connectivity index (χ1v) is 16.2. The van der Waals surface area contributed by atoms with Crippen LogP contribution >= 0.6 is 11.8 Å². The van der Waals surface area contributed by atoms with Crippen LogP contribution in [-0.2, 0) is 9.59 Å². The smallest absolute Gasteiger partial charge is 0.272 e. The van der Waals surface area contributed by atoms with Crippen molar-refractivity contribution >= 4 is 46.9 Å². The van der Waals surface area contributed by atoms with E-state index in [1.807, 2.05) is 73.7 Å². The first kappa shape index (κ1) is 33.6. The average Bonchev–Trinajstić information content (AvgIpc) is 3.12. The Morgan fingerprint density at radius 2 is 1.38 bits per heavy atom. The molecule has 0 aliphatic carbocycles. The summed E-state index contributed by atoms with van der Waals surface area (Å²) in [6, 6.07) is 39.8. The van der Waals surface area contributed by atoms with Crippen LogP contribution in [0.15, 0.2) is 144 Å². The maximum absolute atomic E-state index is 13.6. The number of hydrogen-bond acceptors (Lipinski definition) is 6. The van der Waals surface area contributed by atoms with Gasteiger partial charge in [-0.3, -0.25) is 14.4 Å². The standard InChI is InChI=1S/C39H35N3O5S/c1-3-36(39(45)40-29-20-22-32(23-21-29)47-31-16-8-5-9-17-31)48-34-19-11-15-30(26-34)41-38(44)35(25-27-12-10-18-33(24-27)46-2)42-37(43)28-13-6-4-7-14-28/h4-26,36H,3H2,1-2H3,(H,40,45)(H,41,44)(H,42,43)/b35-25-. The maximum Gasteiger partial charge on any atom is 0.272 e. The molecule has 5 aromatic rings.